The normalized spacial score (nSPS) is 30.1. The molecule has 3 aliphatic rings. The lowest BCUT2D eigenvalue weighted by atomic mass is 10.0. The van der Waals surface area contributed by atoms with Crippen LogP contribution in [0.4, 0.5) is 0 Å². The number of hydrogen-bond donors (Lipinski definition) is 3. The number of aryl methyl sites for hydroxylation is 1. The Labute approximate surface area is 136 Å². The van der Waals surface area contributed by atoms with Crippen molar-refractivity contribution in [2.45, 2.75) is 37.9 Å². The fourth-order valence-electron chi connectivity index (χ4n) is 3.75. The molecule has 122 valence electrons. The molecule has 3 N–H and O–H groups in total. The first-order valence-electron chi connectivity index (χ1n) is 8.49. The maximum absolute atomic E-state index is 12.2. The molecule has 0 aliphatic carbocycles. The third-order valence-electron chi connectivity index (χ3n) is 5.04. The number of likely N-dealkylation sites (tertiary alicyclic amines) is 1. The number of carbonyl (C=O) groups excluding carboxylic acids is 1. The summed E-state index contributed by atoms with van der Waals surface area (Å²) in [5.41, 5.74) is 7.49. The number of hydrogen-bond acceptors (Lipinski definition) is 5. The predicted molar refractivity (Wildman–Crippen MR) is 88.5 cm³/mol. The highest BCUT2D eigenvalue weighted by Gasteiger charge is 2.39. The van der Waals surface area contributed by atoms with Crippen molar-refractivity contribution in [3.8, 4) is 0 Å². The number of nitrogens with one attached hydrogen (secondary N) is 3. The van der Waals surface area contributed by atoms with E-state index in [1.807, 2.05) is 0 Å². The van der Waals surface area contributed by atoms with Crippen LogP contribution in [0.15, 0.2) is 35.3 Å². The van der Waals surface area contributed by atoms with Gasteiger partial charge in [0.15, 0.2) is 0 Å². The van der Waals surface area contributed by atoms with Crippen LogP contribution >= 0.6 is 0 Å². The maximum Gasteiger partial charge on any atom is 0.234 e. The zero-order chi connectivity index (χ0) is 15.6. The van der Waals surface area contributed by atoms with Gasteiger partial charge in [0, 0.05) is 19.1 Å². The van der Waals surface area contributed by atoms with Gasteiger partial charge in [-0.2, -0.15) is 0 Å². The van der Waals surface area contributed by atoms with Gasteiger partial charge < -0.3 is 4.90 Å². The van der Waals surface area contributed by atoms with Gasteiger partial charge in [-0.1, -0.05) is 30.3 Å². The number of aliphatic imine (C=N–C) groups is 1. The lowest BCUT2D eigenvalue weighted by molar-refractivity contribution is -0.124. The van der Waals surface area contributed by atoms with E-state index in [0.29, 0.717) is 12.6 Å². The fourth-order valence-corrected chi connectivity index (χ4v) is 3.75. The second-order valence-corrected chi connectivity index (χ2v) is 6.53. The van der Waals surface area contributed by atoms with Gasteiger partial charge >= 0.3 is 0 Å². The van der Waals surface area contributed by atoms with Crippen LogP contribution in [0, 0.1) is 5.92 Å². The first kappa shape index (κ1) is 14.7. The van der Waals surface area contributed by atoms with E-state index in [9.17, 15) is 4.79 Å². The number of rotatable bonds is 3. The largest absolute Gasteiger partial charge is 0.340 e. The number of hydrazine groups is 1. The second kappa shape index (κ2) is 6.29. The molecule has 2 saturated heterocycles. The van der Waals surface area contributed by atoms with Crippen LogP contribution in [-0.4, -0.2) is 42.1 Å². The predicted octanol–water partition coefficient (Wildman–Crippen LogP) is 0.620. The van der Waals surface area contributed by atoms with Crippen LogP contribution in [-0.2, 0) is 11.2 Å². The SMILES string of the molecule is O=C1NC(N2CCCC2CCc2ccccc2)=NC2NNCC12. The van der Waals surface area contributed by atoms with Gasteiger partial charge in [-0.3, -0.25) is 15.5 Å². The van der Waals surface area contributed by atoms with E-state index in [1.54, 1.807) is 0 Å². The van der Waals surface area contributed by atoms with Crippen molar-refractivity contribution in [1.29, 1.82) is 0 Å². The molecule has 0 aromatic heterocycles. The molecule has 6 nitrogen and oxygen atoms in total. The lowest BCUT2D eigenvalue weighted by Gasteiger charge is -2.32. The summed E-state index contributed by atoms with van der Waals surface area (Å²) in [6.45, 7) is 1.62. The van der Waals surface area contributed by atoms with Gasteiger partial charge in [-0.25, -0.2) is 10.4 Å². The van der Waals surface area contributed by atoms with E-state index >= 15 is 0 Å². The Morgan fingerprint density at radius 2 is 2.13 bits per heavy atom. The van der Waals surface area contributed by atoms with Crippen LogP contribution in [0.2, 0.25) is 0 Å². The topological polar surface area (TPSA) is 68.8 Å². The van der Waals surface area contributed by atoms with Gasteiger partial charge in [-0.05, 0) is 31.2 Å². The molecule has 3 unspecified atom stereocenters. The molecule has 3 atom stereocenters. The summed E-state index contributed by atoms with van der Waals surface area (Å²) in [7, 11) is 0. The van der Waals surface area contributed by atoms with E-state index in [2.05, 4.69) is 51.4 Å². The molecule has 1 aromatic rings. The quantitative estimate of drug-likeness (QED) is 0.765. The molecular formula is C17H23N5O. The highest BCUT2D eigenvalue weighted by atomic mass is 16.2. The molecule has 2 fully saturated rings. The third kappa shape index (κ3) is 2.96. The average Bonchev–Trinajstić information content (AvgIpc) is 3.23. The van der Waals surface area contributed by atoms with Crippen LogP contribution in [0.25, 0.3) is 0 Å². The maximum atomic E-state index is 12.2. The van der Waals surface area contributed by atoms with Crippen molar-refractivity contribution in [1.82, 2.24) is 21.1 Å². The average molecular weight is 313 g/mol. The van der Waals surface area contributed by atoms with Gasteiger partial charge in [0.05, 0.1) is 5.92 Å². The number of benzene rings is 1. The molecule has 1 amide bonds. The molecule has 0 spiro atoms. The summed E-state index contributed by atoms with van der Waals surface area (Å²) in [6.07, 6.45) is 4.36. The number of amides is 1. The zero-order valence-corrected chi connectivity index (χ0v) is 13.2. The van der Waals surface area contributed by atoms with Crippen LogP contribution in [0.3, 0.4) is 0 Å². The van der Waals surface area contributed by atoms with Crippen molar-refractivity contribution in [2.75, 3.05) is 13.1 Å². The summed E-state index contributed by atoms with van der Waals surface area (Å²) in [5, 5.41) is 3.01. The highest BCUT2D eigenvalue weighted by Crippen LogP contribution is 2.24. The Kier molecular flexibility index (Phi) is 4.01. The summed E-state index contributed by atoms with van der Waals surface area (Å²) < 4.78 is 0. The third-order valence-corrected chi connectivity index (χ3v) is 5.04. The zero-order valence-electron chi connectivity index (χ0n) is 13.2. The fraction of sp³-hybridized carbons (Fsp3) is 0.529. The molecular weight excluding hydrogens is 290 g/mol. The van der Waals surface area contributed by atoms with Crippen LogP contribution in [0.1, 0.15) is 24.8 Å². The molecule has 6 heteroatoms. The standard InChI is InChI=1S/C17H23N5O/c23-16-14-11-18-21-15(14)19-17(20-16)22-10-4-7-13(22)9-8-12-5-2-1-3-6-12/h1-3,5-6,13-15,18,21H,4,7-11H2,(H,19,20,23). The van der Waals surface area contributed by atoms with Crippen LogP contribution in [0.5, 0.6) is 0 Å². The van der Waals surface area contributed by atoms with Crippen molar-refractivity contribution in [3.63, 3.8) is 0 Å². The van der Waals surface area contributed by atoms with Gasteiger partial charge in [0.25, 0.3) is 0 Å². The smallest absolute Gasteiger partial charge is 0.234 e. The molecule has 4 rings (SSSR count). The van der Waals surface area contributed by atoms with E-state index < -0.39 is 0 Å². The van der Waals surface area contributed by atoms with Crippen molar-refractivity contribution < 1.29 is 4.79 Å². The minimum Gasteiger partial charge on any atom is -0.340 e. The lowest BCUT2D eigenvalue weighted by Crippen LogP contribution is -2.54. The monoisotopic (exact) mass is 313 g/mol. The summed E-state index contributed by atoms with van der Waals surface area (Å²) in [6, 6.07) is 11.0. The van der Waals surface area contributed by atoms with E-state index in [1.165, 1.54) is 12.0 Å². The number of guanidine groups is 1. The Morgan fingerprint density at radius 1 is 1.26 bits per heavy atom. The molecule has 3 heterocycles. The second-order valence-electron chi connectivity index (χ2n) is 6.53. The minimum absolute atomic E-state index is 0.0752. The van der Waals surface area contributed by atoms with Crippen molar-refractivity contribution in [3.05, 3.63) is 35.9 Å². The number of carbonyl (C=O) groups is 1. The number of fused-ring (bicyclic) bond motifs is 1. The van der Waals surface area contributed by atoms with Crippen molar-refractivity contribution >= 4 is 11.9 Å². The van der Waals surface area contributed by atoms with Gasteiger partial charge in [0.1, 0.15) is 6.17 Å². The Bertz CT molecular complexity index is 602. The van der Waals surface area contributed by atoms with Crippen LogP contribution < -0.4 is 16.2 Å². The van der Waals surface area contributed by atoms with Gasteiger partial charge in [0.2, 0.25) is 11.9 Å². The molecule has 3 aliphatic heterocycles. The molecule has 0 bridgehead atoms. The minimum atomic E-state index is -0.130. The van der Waals surface area contributed by atoms with E-state index in [4.69, 9.17) is 4.99 Å². The van der Waals surface area contributed by atoms with Gasteiger partial charge in [-0.15, -0.1) is 0 Å². The van der Waals surface area contributed by atoms with E-state index in [-0.39, 0.29) is 18.0 Å². The highest BCUT2D eigenvalue weighted by molar-refractivity contribution is 6.00. The van der Waals surface area contributed by atoms with E-state index in [0.717, 1.165) is 31.8 Å². The molecule has 1 aromatic carbocycles. The first-order valence-corrected chi connectivity index (χ1v) is 8.49. The Balaban J connectivity index is 1.44. The number of nitrogens with zero attached hydrogens (tertiary/aromatic N) is 2. The Hall–Kier alpha value is -1.92. The van der Waals surface area contributed by atoms with Crippen molar-refractivity contribution in [2.24, 2.45) is 10.9 Å². The summed E-state index contributed by atoms with van der Waals surface area (Å²) in [5.74, 6) is 0.735. The summed E-state index contributed by atoms with van der Waals surface area (Å²) >= 11 is 0. The summed E-state index contributed by atoms with van der Waals surface area (Å²) in [4.78, 5) is 19.2. The molecule has 0 saturated carbocycles. The molecule has 0 radical (unpaired) electrons. The first-order chi connectivity index (χ1) is 11.3. The Morgan fingerprint density at radius 3 is 3.00 bits per heavy atom. The molecule has 23 heavy (non-hydrogen) atoms.